The summed E-state index contributed by atoms with van der Waals surface area (Å²) in [4.78, 5) is 12.4. The molecule has 0 amide bonds. The molecule has 1 rings (SSSR count). The molecule has 0 radical (unpaired) electrons. The van der Waals surface area contributed by atoms with E-state index in [9.17, 15) is 8.78 Å². The normalized spacial score (nSPS) is 8.92. The maximum absolute atomic E-state index is 11.7. The van der Waals surface area contributed by atoms with E-state index in [0.717, 1.165) is 6.92 Å². The molecule has 1 heterocycles. The first-order valence-electron chi connectivity index (χ1n) is 3.42. The summed E-state index contributed by atoms with van der Waals surface area (Å²) in [5, 5.41) is 7.42. The monoisotopic (exact) mass is 189 g/mol. The molecule has 0 atom stereocenters. The number of alkyl halides is 2. The second kappa shape index (κ2) is 6.05. The van der Waals surface area contributed by atoms with Crippen molar-refractivity contribution >= 4 is 5.97 Å². The van der Waals surface area contributed by atoms with Crippen LogP contribution in [-0.2, 0) is 4.79 Å². The van der Waals surface area contributed by atoms with Crippen molar-refractivity contribution in [3.8, 4) is 0 Å². The van der Waals surface area contributed by atoms with Gasteiger partial charge in [0, 0.05) is 13.1 Å². The van der Waals surface area contributed by atoms with Gasteiger partial charge in [0.15, 0.2) is 0 Å². The van der Waals surface area contributed by atoms with Crippen LogP contribution < -0.4 is 0 Å². The zero-order valence-corrected chi connectivity index (χ0v) is 6.95. The van der Waals surface area contributed by atoms with Crippen molar-refractivity contribution in [1.29, 1.82) is 0 Å². The third-order valence-electron chi connectivity index (χ3n) is 0.911. The van der Waals surface area contributed by atoms with Crippen LogP contribution in [0.3, 0.4) is 0 Å². The van der Waals surface area contributed by atoms with Crippen LogP contribution in [0.5, 0.6) is 0 Å². The average molecular weight is 189 g/mol. The number of carboxylic acids is 1. The van der Waals surface area contributed by atoms with Gasteiger partial charge in [-0.3, -0.25) is 9.78 Å². The lowest BCUT2D eigenvalue weighted by Gasteiger charge is -1.93. The fourth-order valence-corrected chi connectivity index (χ4v) is 0.505. The Morgan fingerprint density at radius 1 is 1.54 bits per heavy atom. The van der Waals surface area contributed by atoms with Crippen molar-refractivity contribution in [2.45, 2.75) is 13.3 Å². The van der Waals surface area contributed by atoms with Crippen LogP contribution in [0.15, 0.2) is 24.4 Å². The molecular weight excluding hydrogens is 180 g/mol. The number of halogens is 2. The molecule has 0 saturated carbocycles. The summed E-state index contributed by atoms with van der Waals surface area (Å²) < 4.78 is 23.4. The van der Waals surface area contributed by atoms with Gasteiger partial charge < -0.3 is 5.11 Å². The topological polar surface area (TPSA) is 50.2 Å². The van der Waals surface area contributed by atoms with E-state index in [2.05, 4.69) is 4.98 Å². The Kier molecular flexibility index (Phi) is 5.34. The Balaban J connectivity index is 0.000000310. The highest BCUT2D eigenvalue weighted by Gasteiger charge is 2.04. The summed E-state index contributed by atoms with van der Waals surface area (Å²) in [5.74, 6) is -0.833. The third kappa shape index (κ3) is 6.86. The van der Waals surface area contributed by atoms with Crippen LogP contribution >= 0.6 is 0 Å². The number of hydrogen-bond acceptors (Lipinski definition) is 2. The summed E-state index contributed by atoms with van der Waals surface area (Å²) in [7, 11) is 0. The second-order valence-electron chi connectivity index (χ2n) is 2.07. The molecule has 72 valence electrons. The van der Waals surface area contributed by atoms with Crippen molar-refractivity contribution in [3.05, 3.63) is 30.1 Å². The molecule has 1 N–H and O–H groups in total. The molecule has 0 unspecified atom stereocenters. The number of aliphatic carboxylic acids is 1. The highest BCUT2D eigenvalue weighted by atomic mass is 19.3. The summed E-state index contributed by atoms with van der Waals surface area (Å²) in [6.45, 7) is 1.08. The van der Waals surface area contributed by atoms with Crippen molar-refractivity contribution < 1.29 is 18.7 Å². The van der Waals surface area contributed by atoms with Gasteiger partial charge in [0.2, 0.25) is 0 Å². The molecule has 5 heteroatoms. The Labute approximate surface area is 74.0 Å². The number of aromatic nitrogens is 1. The van der Waals surface area contributed by atoms with Crippen molar-refractivity contribution in [2.75, 3.05) is 0 Å². The van der Waals surface area contributed by atoms with E-state index in [-0.39, 0.29) is 5.69 Å². The number of rotatable bonds is 1. The molecule has 0 aliphatic rings. The van der Waals surface area contributed by atoms with Crippen LogP contribution in [0, 0.1) is 0 Å². The fraction of sp³-hybridized carbons (Fsp3) is 0.250. The lowest BCUT2D eigenvalue weighted by molar-refractivity contribution is -0.134. The van der Waals surface area contributed by atoms with E-state index in [0.29, 0.717) is 0 Å². The zero-order valence-electron chi connectivity index (χ0n) is 6.95. The van der Waals surface area contributed by atoms with Crippen molar-refractivity contribution in [1.82, 2.24) is 4.98 Å². The quantitative estimate of drug-likeness (QED) is 0.736. The van der Waals surface area contributed by atoms with Gasteiger partial charge in [-0.1, -0.05) is 6.07 Å². The van der Waals surface area contributed by atoms with Gasteiger partial charge in [-0.05, 0) is 12.1 Å². The minimum atomic E-state index is -2.45. The molecular formula is C8H9F2NO2. The molecule has 0 aromatic carbocycles. The van der Waals surface area contributed by atoms with Gasteiger partial charge in [0.1, 0.15) is 5.69 Å². The Morgan fingerprint density at radius 2 is 2.08 bits per heavy atom. The lowest BCUT2D eigenvalue weighted by atomic mass is 10.4. The van der Waals surface area contributed by atoms with Gasteiger partial charge in [-0.25, -0.2) is 8.78 Å². The second-order valence-corrected chi connectivity index (χ2v) is 2.07. The molecule has 1 aromatic heterocycles. The molecule has 0 aliphatic heterocycles. The summed E-state index contributed by atoms with van der Waals surface area (Å²) in [6.07, 6.45) is -1.10. The maximum atomic E-state index is 11.7. The van der Waals surface area contributed by atoms with E-state index < -0.39 is 12.4 Å². The van der Waals surface area contributed by atoms with E-state index >= 15 is 0 Å². The van der Waals surface area contributed by atoms with Crippen molar-refractivity contribution in [2.24, 2.45) is 0 Å². The van der Waals surface area contributed by atoms with E-state index in [1.54, 1.807) is 6.07 Å². The van der Waals surface area contributed by atoms with Gasteiger partial charge in [0.05, 0.1) is 0 Å². The van der Waals surface area contributed by atoms with Crippen LogP contribution in [0.2, 0.25) is 0 Å². The molecule has 1 aromatic rings. The highest BCUT2D eigenvalue weighted by molar-refractivity contribution is 5.62. The van der Waals surface area contributed by atoms with Gasteiger partial charge in [-0.15, -0.1) is 0 Å². The standard InChI is InChI=1S/C6H5F2N.C2H4O2/c7-6(8)5-3-1-2-4-9-5;1-2(3)4/h1-4,6H;1H3,(H,3,4). The first-order chi connectivity index (χ1) is 6.04. The summed E-state index contributed by atoms with van der Waals surface area (Å²) in [5.41, 5.74) is -0.169. The highest BCUT2D eigenvalue weighted by Crippen LogP contribution is 2.13. The summed E-state index contributed by atoms with van der Waals surface area (Å²) >= 11 is 0. The van der Waals surface area contributed by atoms with Gasteiger partial charge >= 0.3 is 0 Å². The zero-order chi connectivity index (χ0) is 10.3. The Hall–Kier alpha value is -1.52. The van der Waals surface area contributed by atoms with Crippen LogP contribution in [0.1, 0.15) is 19.0 Å². The Bertz CT molecular complexity index is 248. The minimum Gasteiger partial charge on any atom is -0.481 e. The molecule has 0 bridgehead atoms. The number of carboxylic acid groups (broad SMARTS) is 1. The van der Waals surface area contributed by atoms with Gasteiger partial charge in [-0.2, -0.15) is 0 Å². The van der Waals surface area contributed by atoms with E-state index in [4.69, 9.17) is 9.90 Å². The SMILES string of the molecule is CC(=O)O.FC(F)c1ccccn1. The Morgan fingerprint density at radius 3 is 2.31 bits per heavy atom. The number of carbonyl (C=O) groups is 1. The van der Waals surface area contributed by atoms with Crippen LogP contribution in [0.4, 0.5) is 8.78 Å². The smallest absolute Gasteiger partial charge is 0.300 e. The largest absolute Gasteiger partial charge is 0.481 e. The average Bonchev–Trinajstić information content (AvgIpc) is 2.05. The van der Waals surface area contributed by atoms with Gasteiger partial charge in [0.25, 0.3) is 12.4 Å². The first-order valence-corrected chi connectivity index (χ1v) is 3.42. The van der Waals surface area contributed by atoms with Crippen molar-refractivity contribution in [3.63, 3.8) is 0 Å². The molecule has 3 nitrogen and oxygen atoms in total. The molecule has 0 aliphatic carbocycles. The number of hydrogen-bond donors (Lipinski definition) is 1. The molecule has 0 saturated heterocycles. The van der Waals surface area contributed by atoms with E-state index in [1.165, 1.54) is 18.3 Å². The van der Waals surface area contributed by atoms with Crippen LogP contribution in [-0.4, -0.2) is 16.1 Å². The maximum Gasteiger partial charge on any atom is 0.300 e. The first kappa shape index (κ1) is 11.5. The summed E-state index contributed by atoms with van der Waals surface area (Å²) in [6, 6.07) is 4.44. The predicted octanol–water partition coefficient (Wildman–Crippen LogP) is 2.11. The lowest BCUT2D eigenvalue weighted by Crippen LogP contribution is -1.85. The predicted molar refractivity (Wildman–Crippen MR) is 42.5 cm³/mol. The molecule has 0 spiro atoms. The number of pyridine rings is 1. The minimum absolute atomic E-state index is 0.169. The molecule has 0 fully saturated rings. The van der Waals surface area contributed by atoms with Crippen LogP contribution in [0.25, 0.3) is 0 Å². The third-order valence-corrected chi connectivity index (χ3v) is 0.911. The molecule has 13 heavy (non-hydrogen) atoms. The van der Waals surface area contributed by atoms with E-state index in [1.807, 2.05) is 0 Å². The fourth-order valence-electron chi connectivity index (χ4n) is 0.505. The number of nitrogens with zero attached hydrogens (tertiary/aromatic N) is 1.